The van der Waals surface area contributed by atoms with E-state index in [4.69, 9.17) is 23.2 Å². The fraction of sp³-hybridized carbons (Fsp3) is 0.0411. The van der Waals surface area contributed by atoms with Crippen LogP contribution >= 0.6 is 37.7 Å². The molecule has 4 heterocycles. The standard InChI is InChI=1S/2C36H29NOP.CH2Cl2.2BF4/c2*1-28(38)34(26-29-16-6-2-7-17-29)36-35(27-30-18-14-15-25-37(30)36)39(31-19-8-3-9-20-31,32-21-10-4-11-22-32)33-23-12-5-13-24-33;2-1-3;2*2-1(3,4)5/h2*2-27H,1H3;1H2;;/q2*+1;;2*-1/b2*34-26-;;;. The van der Waals surface area contributed by atoms with Crippen molar-refractivity contribution >= 4 is 141 Å². The van der Waals surface area contributed by atoms with E-state index in [1.165, 1.54) is 42.4 Å². The zero-order valence-electron chi connectivity index (χ0n) is 49.3. The lowest BCUT2D eigenvalue weighted by Gasteiger charge is -2.28. The lowest BCUT2D eigenvalue weighted by molar-refractivity contribution is -0.112. The van der Waals surface area contributed by atoms with Crippen LogP contribution in [0.5, 0.6) is 0 Å². The summed E-state index contributed by atoms with van der Waals surface area (Å²) >= 11 is 9.53. The molecule has 4 aromatic heterocycles. The van der Waals surface area contributed by atoms with Crippen molar-refractivity contribution in [3.05, 3.63) is 326 Å². The van der Waals surface area contributed by atoms with Crippen LogP contribution in [0.2, 0.25) is 0 Å². The molecule has 0 saturated carbocycles. The van der Waals surface area contributed by atoms with Gasteiger partial charge in [0.1, 0.15) is 68.3 Å². The summed E-state index contributed by atoms with van der Waals surface area (Å²) in [5.74, 6) is 0.0764. The van der Waals surface area contributed by atoms with Gasteiger partial charge in [0.25, 0.3) is 0 Å². The van der Waals surface area contributed by atoms with Gasteiger partial charge in [0, 0.05) is 46.7 Å². The minimum absolute atomic E-state index is 0.0382. The van der Waals surface area contributed by atoms with E-state index in [1.54, 1.807) is 13.8 Å². The number of pyridine rings is 2. The quantitative estimate of drug-likeness (QED) is 0.0358. The molecule has 0 fully saturated rings. The monoisotopic (exact) mass is 1300 g/mol. The number of nitrogens with zero attached hydrogens (tertiary/aromatic N) is 2. The van der Waals surface area contributed by atoms with Crippen LogP contribution < -0.4 is 42.4 Å². The van der Waals surface area contributed by atoms with Crippen molar-refractivity contribution in [1.82, 2.24) is 8.80 Å². The average molecular weight is 1300 g/mol. The molecule has 12 rings (SSSR count). The zero-order chi connectivity index (χ0) is 65.0. The molecule has 18 heteroatoms. The number of ketones is 2. The molecular weight excluding hydrogens is 1240 g/mol. The summed E-state index contributed by atoms with van der Waals surface area (Å²) in [6.07, 6.45) is 8.23. The largest absolute Gasteiger partial charge is 0.673 e. The fourth-order valence-electron chi connectivity index (χ4n) is 11.0. The molecule has 0 unspecified atom stereocenters. The number of Topliss-reactive ketones (excluding diaryl/α,β-unsaturated/α-hetero) is 2. The van der Waals surface area contributed by atoms with Crippen molar-refractivity contribution in [3.8, 4) is 0 Å². The highest BCUT2D eigenvalue weighted by molar-refractivity contribution is 8.02. The number of halogens is 10. The first-order valence-corrected chi connectivity index (χ1v) is 33.2. The van der Waals surface area contributed by atoms with Gasteiger partial charge < -0.3 is 43.3 Å². The molecule has 0 bridgehead atoms. The SMILES string of the molecule is CC(=O)/C(=C/c1ccccc1)c1c([P+](c2ccccc2)(c2ccccc2)c2ccccc2)cc2ccccn12.CC(=O)/C(=C/c1ccccc1)c1c([P+](c2ccccc2)(c2ccccc2)c2ccccc2)cc2ccccn12.ClCCl.F[B-](F)(F)F.F[B-](F)(F)F. The number of carbonyl (C=O) groups excluding carboxylic acids is 2. The maximum Gasteiger partial charge on any atom is 0.673 e. The Kier molecular flexibility index (Phi) is 23.7. The summed E-state index contributed by atoms with van der Waals surface area (Å²) < 4.78 is 82.4. The third-order valence-electron chi connectivity index (χ3n) is 14.4. The van der Waals surface area contributed by atoms with Crippen LogP contribution in [-0.4, -0.2) is 40.2 Å². The molecule has 0 aliphatic carbocycles. The van der Waals surface area contributed by atoms with Gasteiger partial charge in [-0.05, 0) is 134 Å². The Morgan fingerprint density at radius 3 is 0.758 bits per heavy atom. The van der Waals surface area contributed by atoms with Gasteiger partial charge in [-0.2, -0.15) is 0 Å². The van der Waals surface area contributed by atoms with Crippen LogP contribution in [0, 0.1) is 0 Å². The molecule has 0 atom stereocenters. The zero-order valence-corrected chi connectivity index (χ0v) is 52.6. The first kappa shape index (κ1) is 68.0. The minimum atomic E-state index is -6.00. The van der Waals surface area contributed by atoms with Gasteiger partial charge in [-0.15, -0.1) is 23.2 Å². The van der Waals surface area contributed by atoms with Gasteiger partial charge in [0.15, 0.2) is 11.6 Å². The predicted molar refractivity (Wildman–Crippen MR) is 371 cm³/mol. The number of alkyl halides is 2. The number of rotatable bonds is 14. The smallest absolute Gasteiger partial charge is 0.418 e. The topological polar surface area (TPSA) is 43.0 Å². The van der Waals surface area contributed by atoms with E-state index in [0.717, 1.165) is 33.5 Å². The second-order valence-electron chi connectivity index (χ2n) is 20.2. The maximum absolute atomic E-state index is 13.5. The van der Waals surface area contributed by atoms with E-state index in [2.05, 4.69) is 240 Å². The van der Waals surface area contributed by atoms with Crippen LogP contribution in [-0.2, 0) is 9.59 Å². The molecule has 91 heavy (non-hydrogen) atoms. The number of fused-ring (bicyclic) bond motifs is 2. The Hall–Kier alpha value is -8.89. The first-order valence-electron chi connectivity index (χ1n) is 28.6. The Labute approximate surface area is 535 Å². The Morgan fingerprint density at radius 1 is 0.352 bits per heavy atom. The van der Waals surface area contributed by atoms with E-state index in [1.807, 2.05) is 84.9 Å². The third-order valence-corrected chi connectivity index (χ3v) is 23.0. The normalized spacial score (nSPS) is 11.8. The summed E-state index contributed by atoms with van der Waals surface area (Å²) in [6.45, 7) is 3.35. The van der Waals surface area contributed by atoms with Crippen molar-refractivity contribution in [2.45, 2.75) is 13.8 Å². The van der Waals surface area contributed by atoms with Gasteiger partial charge in [0.2, 0.25) is 0 Å². The van der Waals surface area contributed by atoms with E-state index >= 15 is 0 Å². The number of carbonyl (C=O) groups is 2. The molecule has 0 radical (unpaired) electrons. The second-order valence-corrected chi connectivity index (χ2v) is 27.8. The molecule has 4 nitrogen and oxygen atoms in total. The summed E-state index contributed by atoms with van der Waals surface area (Å²) in [5.41, 5.74) is 7.44. The van der Waals surface area contributed by atoms with E-state index < -0.39 is 29.0 Å². The van der Waals surface area contributed by atoms with Crippen LogP contribution in [0.25, 0.3) is 34.3 Å². The van der Waals surface area contributed by atoms with Gasteiger partial charge >= 0.3 is 14.5 Å². The summed E-state index contributed by atoms with van der Waals surface area (Å²) in [5, 5.41) is 10.1. The molecule has 0 saturated heterocycles. The lowest BCUT2D eigenvalue weighted by Crippen LogP contribution is -2.39. The van der Waals surface area contributed by atoms with E-state index in [-0.39, 0.29) is 16.9 Å². The Balaban J connectivity index is 0.000000197. The van der Waals surface area contributed by atoms with Crippen molar-refractivity contribution in [3.63, 3.8) is 0 Å². The van der Waals surface area contributed by atoms with Crippen molar-refractivity contribution in [2.24, 2.45) is 0 Å². The van der Waals surface area contributed by atoms with Crippen LogP contribution in [0.4, 0.5) is 34.5 Å². The Morgan fingerprint density at radius 2 is 0.549 bits per heavy atom. The number of hydrogen-bond donors (Lipinski definition) is 0. The van der Waals surface area contributed by atoms with Crippen LogP contribution in [0.1, 0.15) is 36.4 Å². The molecule has 12 aromatic rings. The molecule has 0 spiro atoms. The summed E-state index contributed by atoms with van der Waals surface area (Å²) in [6, 6.07) is 102. The number of hydrogen-bond acceptors (Lipinski definition) is 2. The summed E-state index contributed by atoms with van der Waals surface area (Å²) in [7, 11) is -16.9. The second kappa shape index (κ2) is 31.7. The molecule has 460 valence electrons. The molecule has 8 aromatic carbocycles. The van der Waals surface area contributed by atoms with E-state index in [9.17, 15) is 44.1 Å². The Bertz CT molecular complexity index is 3860. The highest BCUT2D eigenvalue weighted by Gasteiger charge is 2.52. The minimum Gasteiger partial charge on any atom is -0.418 e. The van der Waals surface area contributed by atoms with Gasteiger partial charge in [-0.25, -0.2) is 0 Å². The molecule has 0 aliphatic heterocycles. The van der Waals surface area contributed by atoms with Gasteiger partial charge in [-0.1, -0.05) is 182 Å². The maximum atomic E-state index is 13.5. The van der Waals surface area contributed by atoms with Crippen molar-refractivity contribution in [2.75, 3.05) is 5.34 Å². The van der Waals surface area contributed by atoms with E-state index in [0.29, 0.717) is 11.1 Å². The summed E-state index contributed by atoms with van der Waals surface area (Å²) in [4.78, 5) is 27.0. The average Bonchev–Trinajstić information content (AvgIpc) is 1.67. The number of allylic oxidation sites excluding steroid dienone is 2. The number of benzene rings is 8. The van der Waals surface area contributed by atoms with Gasteiger partial charge in [0.05, 0.1) is 5.34 Å². The molecule has 0 aliphatic rings. The first-order chi connectivity index (χ1) is 43.8. The van der Waals surface area contributed by atoms with Crippen LogP contribution in [0.15, 0.2) is 304 Å². The highest BCUT2D eigenvalue weighted by Crippen LogP contribution is 2.57. The van der Waals surface area contributed by atoms with Crippen molar-refractivity contribution < 1.29 is 44.1 Å². The highest BCUT2D eigenvalue weighted by atomic mass is 35.5. The molecule has 0 amide bonds. The molecule has 0 N–H and O–H groups in total. The lowest BCUT2D eigenvalue weighted by atomic mass is 10.0. The van der Waals surface area contributed by atoms with Crippen LogP contribution in [0.3, 0.4) is 0 Å². The number of aromatic nitrogens is 2. The van der Waals surface area contributed by atoms with Crippen molar-refractivity contribution in [1.29, 1.82) is 0 Å². The third kappa shape index (κ3) is 16.9. The predicted octanol–water partition coefficient (Wildman–Crippen LogP) is 17.4. The fourth-order valence-corrected chi connectivity index (χ4v) is 19.9. The molecular formula is C73H60B2Cl2F8N2O2P2. The van der Waals surface area contributed by atoms with Gasteiger partial charge in [-0.3, -0.25) is 9.59 Å².